The standard InChI is InChI=1S/C19H24BrN3OS/c1-5-6-7-8-12(2)23-11-21-16-15-14(22(3)4)10-9-13(20)17(15)25-18(16)19(23)24/h9-12H,5-8H2,1-4H3. The third-order valence-electron chi connectivity index (χ3n) is 4.67. The number of aromatic nitrogens is 2. The lowest BCUT2D eigenvalue weighted by Gasteiger charge is -2.15. The van der Waals surface area contributed by atoms with Crippen LogP contribution in [0.5, 0.6) is 0 Å². The van der Waals surface area contributed by atoms with Gasteiger partial charge in [-0.15, -0.1) is 11.3 Å². The average molecular weight is 422 g/mol. The zero-order valence-electron chi connectivity index (χ0n) is 15.2. The van der Waals surface area contributed by atoms with E-state index in [4.69, 9.17) is 0 Å². The zero-order chi connectivity index (χ0) is 18.1. The number of hydrogen-bond donors (Lipinski definition) is 0. The van der Waals surface area contributed by atoms with Crippen LogP contribution in [0.3, 0.4) is 0 Å². The SMILES string of the molecule is CCCCCC(C)n1cnc2c(sc3c(Br)ccc(N(C)C)c32)c1=O. The van der Waals surface area contributed by atoms with Crippen LogP contribution in [0.2, 0.25) is 0 Å². The Labute approximate surface area is 160 Å². The highest BCUT2D eigenvalue weighted by Gasteiger charge is 2.18. The van der Waals surface area contributed by atoms with Crippen molar-refractivity contribution in [3.63, 3.8) is 0 Å². The lowest BCUT2D eigenvalue weighted by Crippen LogP contribution is -2.23. The van der Waals surface area contributed by atoms with Gasteiger partial charge in [-0.05, 0) is 41.4 Å². The van der Waals surface area contributed by atoms with Crippen LogP contribution in [0.15, 0.2) is 27.7 Å². The van der Waals surface area contributed by atoms with E-state index in [1.807, 2.05) is 20.2 Å². The van der Waals surface area contributed by atoms with Crippen LogP contribution in [-0.4, -0.2) is 23.6 Å². The molecule has 0 aliphatic heterocycles. The highest BCUT2D eigenvalue weighted by atomic mass is 79.9. The molecule has 0 amide bonds. The summed E-state index contributed by atoms with van der Waals surface area (Å²) in [5.74, 6) is 0. The maximum atomic E-state index is 13.1. The highest BCUT2D eigenvalue weighted by Crippen LogP contribution is 2.41. The predicted molar refractivity (Wildman–Crippen MR) is 112 cm³/mol. The van der Waals surface area contributed by atoms with Gasteiger partial charge in [0.15, 0.2) is 0 Å². The van der Waals surface area contributed by atoms with Crippen LogP contribution in [-0.2, 0) is 0 Å². The molecular weight excluding hydrogens is 398 g/mol. The molecule has 0 spiro atoms. The summed E-state index contributed by atoms with van der Waals surface area (Å²) in [5, 5.41) is 1.06. The van der Waals surface area contributed by atoms with Crippen LogP contribution in [0, 0.1) is 0 Å². The summed E-state index contributed by atoms with van der Waals surface area (Å²) in [7, 11) is 4.03. The van der Waals surface area contributed by atoms with Crippen LogP contribution in [0.1, 0.15) is 45.6 Å². The van der Waals surface area contributed by atoms with Crippen LogP contribution >= 0.6 is 27.3 Å². The minimum atomic E-state index is 0.0757. The van der Waals surface area contributed by atoms with E-state index in [9.17, 15) is 4.79 Å². The normalized spacial score (nSPS) is 12.8. The van der Waals surface area contributed by atoms with Crippen molar-refractivity contribution < 1.29 is 0 Å². The van der Waals surface area contributed by atoms with Crippen LogP contribution in [0.25, 0.3) is 20.3 Å². The van der Waals surface area contributed by atoms with Crippen molar-refractivity contribution >= 4 is 53.3 Å². The molecule has 0 radical (unpaired) electrons. The lowest BCUT2D eigenvalue weighted by molar-refractivity contribution is 0.463. The zero-order valence-corrected chi connectivity index (χ0v) is 17.6. The van der Waals surface area contributed by atoms with Gasteiger partial charge in [-0.1, -0.05) is 26.2 Å². The molecule has 2 aromatic heterocycles. The summed E-state index contributed by atoms with van der Waals surface area (Å²) in [4.78, 5) is 19.8. The second-order valence-corrected chi connectivity index (χ2v) is 8.62. The molecule has 0 N–H and O–H groups in total. The van der Waals surface area contributed by atoms with E-state index in [2.05, 4.69) is 45.7 Å². The summed E-state index contributed by atoms with van der Waals surface area (Å²) in [6, 6.07) is 4.29. The Morgan fingerprint density at radius 2 is 2.04 bits per heavy atom. The summed E-state index contributed by atoms with van der Waals surface area (Å²) >= 11 is 5.16. The molecule has 0 saturated heterocycles. The Bertz CT molecular complexity index is 961. The van der Waals surface area contributed by atoms with Gasteiger partial charge < -0.3 is 4.90 Å². The van der Waals surface area contributed by atoms with Gasteiger partial charge in [0.25, 0.3) is 5.56 Å². The van der Waals surface area contributed by atoms with E-state index >= 15 is 0 Å². The monoisotopic (exact) mass is 421 g/mol. The fourth-order valence-corrected chi connectivity index (χ4v) is 4.90. The van der Waals surface area contributed by atoms with Gasteiger partial charge >= 0.3 is 0 Å². The van der Waals surface area contributed by atoms with Crippen molar-refractivity contribution in [3.8, 4) is 0 Å². The molecule has 25 heavy (non-hydrogen) atoms. The number of fused-ring (bicyclic) bond motifs is 3. The lowest BCUT2D eigenvalue weighted by atomic mass is 10.1. The first kappa shape index (κ1) is 18.4. The van der Waals surface area contributed by atoms with Gasteiger partial charge in [0.1, 0.15) is 4.70 Å². The fourth-order valence-electron chi connectivity index (χ4n) is 3.21. The van der Waals surface area contributed by atoms with Gasteiger partial charge in [0.05, 0.1) is 16.5 Å². The largest absolute Gasteiger partial charge is 0.377 e. The number of thiophene rings is 1. The molecule has 4 nitrogen and oxygen atoms in total. The van der Waals surface area contributed by atoms with Gasteiger partial charge in [-0.25, -0.2) is 4.98 Å². The molecule has 2 heterocycles. The van der Waals surface area contributed by atoms with Gasteiger partial charge in [-0.2, -0.15) is 0 Å². The van der Waals surface area contributed by atoms with Gasteiger partial charge in [0.2, 0.25) is 0 Å². The van der Waals surface area contributed by atoms with Crippen LogP contribution < -0.4 is 10.5 Å². The first-order valence-corrected chi connectivity index (χ1v) is 10.4. The third kappa shape index (κ3) is 3.34. The molecule has 3 aromatic rings. The fraction of sp³-hybridized carbons (Fsp3) is 0.474. The Kier molecular flexibility index (Phi) is 5.49. The molecule has 134 valence electrons. The number of nitrogens with zero attached hydrogens (tertiary/aromatic N) is 3. The second kappa shape index (κ2) is 7.46. The highest BCUT2D eigenvalue weighted by molar-refractivity contribution is 9.10. The van der Waals surface area contributed by atoms with Crippen molar-refractivity contribution in [2.45, 2.75) is 45.6 Å². The number of benzene rings is 1. The predicted octanol–water partition coefficient (Wildman–Crippen LogP) is 5.58. The molecule has 0 bridgehead atoms. The van der Waals surface area contributed by atoms with E-state index in [1.54, 1.807) is 10.9 Å². The first-order chi connectivity index (χ1) is 12.0. The van der Waals surface area contributed by atoms with Crippen molar-refractivity contribution in [2.75, 3.05) is 19.0 Å². The van der Waals surface area contributed by atoms with E-state index in [0.717, 1.165) is 43.3 Å². The summed E-state index contributed by atoms with van der Waals surface area (Å²) in [5.41, 5.74) is 1.98. The van der Waals surface area contributed by atoms with E-state index in [0.29, 0.717) is 0 Å². The molecule has 1 atom stereocenters. The number of hydrogen-bond acceptors (Lipinski definition) is 4. The Morgan fingerprint density at radius 3 is 2.72 bits per heavy atom. The molecule has 1 unspecified atom stereocenters. The topological polar surface area (TPSA) is 38.1 Å². The number of unbranched alkanes of at least 4 members (excludes halogenated alkanes) is 2. The number of rotatable bonds is 6. The molecule has 0 aliphatic carbocycles. The third-order valence-corrected chi connectivity index (χ3v) is 6.79. The number of anilines is 1. The Hall–Kier alpha value is -1.40. The van der Waals surface area contributed by atoms with Crippen molar-refractivity contribution in [1.29, 1.82) is 0 Å². The molecule has 1 aromatic carbocycles. The first-order valence-electron chi connectivity index (χ1n) is 8.74. The van der Waals surface area contributed by atoms with Gasteiger partial charge in [0, 0.05) is 35.7 Å². The summed E-state index contributed by atoms with van der Waals surface area (Å²) in [6.45, 7) is 4.31. The second-order valence-electron chi connectivity index (χ2n) is 6.75. The quantitative estimate of drug-likeness (QED) is 0.487. The minimum Gasteiger partial charge on any atom is -0.377 e. The van der Waals surface area contributed by atoms with Gasteiger partial charge in [-0.3, -0.25) is 9.36 Å². The minimum absolute atomic E-state index is 0.0757. The Morgan fingerprint density at radius 1 is 1.28 bits per heavy atom. The number of halogens is 1. The van der Waals surface area contributed by atoms with Crippen LogP contribution in [0.4, 0.5) is 5.69 Å². The molecule has 3 rings (SSSR count). The smallest absolute Gasteiger partial charge is 0.271 e. The molecule has 0 fully saturated rings. The maximum absolute atomic E-state index is 13.1. The summed E-state index contributed by atoms with van der Waals surface area (Å²) < 4.78 is 4.64. The van der Waals surface area contributed by atoms with Crippen molar-refractivity contribution in [2.24, 2.45) is 0 Å². The van der Waals surface area contributed by atoms with E-state index in [-0.39, 0.29) is 11.6 Å². The summed E-state index contributed by atoms with van der Waals surface area (Å²) in [6.07, 6.45) is 6.28. The Balaban J connectivity index is 2.17. The van der Waals surface area contributed by atoms with E-state index < -0.39 is 0 Å². The molecule has 6 heteroatoms. The molecule has 0 aliphatic rings. The average Bonchev–Trinajstić information content (AvgIpc) is 2.97. The molecule has 0 saturated carbocycles. The maximum Gasteiger partial charge on any atom is 0.271 e. The molecular formula is C19H24BrN3OS. The van der Waals surface area contributed by atoms with Crippen molar-refractivity contribution in [1.82, 2.24) is 9.55 Å². The van der Waals surface area contributed by atoms with E-state index in [1.165, 1.54) is 24.2 Å². The van der Waals surface area contributed by atoms with Crippen molar-refractivity contribution in [3.05, 3.63) is 33.3 Å².